The molecular weight excluding hydrogens is 248 g/mol. The molecular formula is C13H28N2O4. The van der Waals surface area contributed by atoms with Gasteiger partial charge in [0.2, 0.25) is 0 Å². The summed E-state index contributed by atoms with van der Waals surface area (Å²) in [5.41, 5.74) is 5.65. The molecule has 0 spiro atoms. The molecule has 114 valence electrons. The van der Waals surface area contributed by atoms with Crippen LogP contribution >= 0.6 is 0 Å². The first-order chi connectivity index (χ1) is 9.17. The SMILES string of the molecule is CCOC(CN)CCN(CCOC)CCC(=O)OC. The molecule has 0 aliphatic heterocycles. The van der Waals surface area contributed by atoms with Crippen LogP contribution in [-0.2, 0) is 19.0 Å². The highest BCUT2D eigenvalue weighted by molar-refractivity contribution is 5.69. The van der Waals surface area contributed by atoms with Crippen LogP contribution in [0.5, 0.6) is 0 Å². The van der Waals surface area contributed by atoms with Gasteiger partial charge in [0.25, 0.3) is 0 Å². The van der Waals surface area contributed by atoms with Crippen LogP contribution in [0.15, 0.2) is 0 Å². The number of hydrogen-bond donors (Lipinski definition) is 1. The first kappa shape index (κ1) is 18.3. The standard InChI is InChI=1S/C13H28N2O4/c1-4-19-12(11-14)5-7-15(9-10-17-2)8-6-13(16)18-3/h12H,4-11,14H2,1-3H3. The number of nitrogens with zero attached hydrogens (tertiary/aromatic N) is 1. The number of rotatable bonds is 12. The molecule has 0 aromatic carbocycles. The van der Waals surface area contributed by atoms with Gasteiger partial charge in [-0.1, -0.05) is 0 Å². The zero-order valence-electron chi connectivity index (χ0n) is 12.4. The largest absolute Gasteiger partial charge is 0.469 e. The average molecular weight is 276 g/mol. The van der Waals surface area contributed by atoms with Crippen LogP contribution in [0.4, 0.5) is 0 Å². The molecule has 0 radical (unpaired) electrons. The van der Waals surface area contributed by atoms with E-state index in [2.05, 4.69) is 9.64 Å². The second kappa shape index (κ2) is 12.3. The Morgan fingerprint density at radius 1 is 1.26 bits per heavy atom. The van der Waals surface area contributed by atoms with Crippen molar-refractivity contribution in [3.05, 3.63) is 0 Å². The van der Waals surface area contributed by atoms with Crippen molar-refractivity contribution in [2.75, 3.05) is 53.6 Å². The summed E-state index contributed by atoms with van der Waals surface area (Å²) in [4.78, 5) is 13.3. The van der Waals surface area contributed by atoms with E-state index in [9.17, 15) is 4.79 Å². The van der Waals surface area contributed by atoms with Crippen molar-refractivity contribution >= 4 is 5.97 Å². The van der Waals surface area contributed by atoms with E-state index >= 15 is 0 Å². The molecule has 1 unspecified atom stereocenters. The highest BCUT2D eigenvalue weighted by Crippen LogP contribution is 2.02. The van der Waals surface area contributed by atoms with Crippen molar-refractivity contribution in [1.29, 1.82) is 0 Å². The van der Waals surface area contributed by atoms with Gasteiger partial charge in [-0.3, -0.25) is 4.79 Å². The minimum atomic E-state index is -0.192. The van der Waals surface area contributed by atoms with Gasteiger partial charge in [0.1, 0.15) is 0 Å². The van der Waals surface area contributed by atoms with E-state index in [0.29, 0.717) is 32.7 Å². The van der Waals surface area contributed by atoms with E-state index in [1.165, 1.54) is 7.11 Å². The zero-order chi connectivity index (χ0) is 14.5. The van der Waals surface area contributed by atoms with Gasteiger partial charge in [-0.05, 0) is 13.3 Å². The molecule has 0 saturated carbocycles. The van der Waals surface area contributed by atoms with Gasteiger partial charge in [-0.25, -0.2) is 0 Å². The molecule has 0 fully saturated rings. The number of carbonyl (C=O) groups is 1. The third kappa shape index (κ3) is 9.84. The number of ether oxygens (including phenoxy) is 3. The summed E-state index contributed by atoms with van der Waals surface area (Å²) >= 11 is 0. The monoisotopic (exact) mass is 276 g/mol. The van der Waals surface area contributed by atoms with E-state index in [1.54, 1.807) is 7.11 Å². The predicted octanol–water partition coefficient (Wildman–Crippen LogP) is 0.252. The molecule has 2 N–H and O–H groups in total. The maximum atomic E-state index is 11.2. The topological polar surface area (TPSA) is 74.0 Å². The van der Waals surface area contributed by atoms with Crippen LogP contribution < -0.4 is 5.73 Å². The molecule has 0 saturated heterocycles. The lowest BCUT2D eigenvalue weighted by atomic mass is 10.2. The first-order valence-electron chi connectivity index (χ1n) is 6.77. The van der Waals surface area contributed by atoms with Crippen molar-refractivity contribution in [2.24, 2.45) is 5.73 Å². The fourth-order valence-corrected chi connectivity index (χ4v) is 1.74. The molecule has 6 heteroatoms. The maximum Gasteiger partial charge on any atom is 0.306 e. The number of methoxy groups -OCH3 is 2. The maximum absolute atomic E-state index is 11.2. The Labute approximate surface area is 116 Å². The van der Waals surface area contributed by atoms with Gasteiger partial charge in [-0.2, -0.15) is 0 Å². The van der Waals surface area contributed by atoms with Crippen LogP contribution in [0.25, 0.3) is 0 Å². The highest BCUT2D eigenvalue weighted by atomic mass is 16.5. The Kier molecular flexibility index (Phi) is 11.9. The van der Waals surface area contributed by atoms with Crippen molar-refractivity contribution in [3.63, 3.8) is 0 Å². The van der Waals surface area contributed by atoms with Crippen molar-refractivity contribution in [1.82, 2.24) is 4.90 Å². The van der Waals surface area contributed by atoms with E-state index in [0.717, 1.165) is 19.5 Å². The molecule has 0 bridgehead atoms. The smallest absolute Gasteiger partial charge is 0.306 e. The molecule has 1 atom stereocenters. The normalized spacial score (nSPS) is 12.7. The van der Waals surface area contributed by atoms with Crippen molar-refractivity contribution in [3.8, 4) is 0 Å². The van der Waals surface area contributed by atoms with Gasteiger partial charge in [0.05, 0.1) is 26.2 Å². The molecule has 0 heterocycles. The predicted molar refractivity (Wildman–Crippen MR) is 74.0 cm³/mol. The van der Waals surface area contributed by atoms with Gasteiger partial charge in [-0.15, -0.1) is 0 Å². The van der Waals surface area contributed by atoms with Crippen molar-refractivity contribution in [2.45, 2.75) is 25.9 Å². The summed E-state index contributed by atoms with van der Waals surface area (Å²) in [5.74, 6) is -0.192. The van der Waals surface area contributed by atoms with E-state index < -0.39 is 0 Å². The molecule has 0 aliphatic rings. The fraction of sp³-hybridized carbons (Fsp3) is 0.923. The number of hydrogen-bond acceptors (Lipinski definition) is 6. The van der Waals surface area contributed by atoms with Crippen LogP contribution in [-0.4, -0.2) is 70.6 Å². The number of carbonyl (C=O) groups excluding carboxylic acids is 1. The van der Waals surface area contributed by atoms with Gasteiger partial charge in [0.15, 0.2) is 0 Å². The molecule has 0 aromatic heterocycles. The Morgan fingerprint density at radius 2 is 2.00 bits per heavy atom. The zero-order valence-corrected chi connectivity index (χ0v) is 12.4. The Morgan fingerprint density at radius 3 is 2.53 bits per heavy atom. The molecule has 0 aliphatic carbocycles. The summed E-state index contributed by atoms with van der Waals surface area (Å²) in [7, 11) is 3.07. The van der Waals surface area contributed by atoms with E-state index in [1.807, 2.05) is 6.92 Å². The average Bonchev–Trinajstić information content (AvgIpc) is 2.44. The summed E-state index contributed by atoms with van der Waals surface area (Å²) in [6, 6.07) is 0. The lowest BCUT2D eigenvalue weighted by molar-refractivity contribution is -0.141. The van der Waals surface area contributed by atoms with Crippen LogP contribution in [0.1, 0.15) is 19.8 Å². The lowest BCUT2D eigenvalue weighted by Crippen LogP contribution is -2.35. The highest BCUT2D eigenvalue weighted by Gasteiger charge is 2.12. The van der Waals surface area contributed by atoms with E-state index in [4.69, 9.17) is 15.2 Å². The molecule has 0 rings (SSSR count). The first-order valence-corrected chi connectivity index (χ1v) is 6.77. The Hall–Kier alpha value is -0.690. The van der Waals surface area contributed by atoms with Crippen LogP contribution in [0, 0.1) is 0 Å². The van der Waals surface area contributed by atoms with Crippen molar-refractivity contribution < 1.29 is 19.0 Å². The Bertz CT molecular complexity index is 227. The molecule has 0 aromatic rings. The number of esters is 1. The lowest BCUT2D eigenvalue weighted by Gasteiger charge is -2.24. The minimum Gasteiger partial charge on any atom is -0.469 e. The van der Waals surface area contributed by atoms with Gasteiger partial charge < -0.3 is 24.8 Å². The summed E-state index contributed by atoms with van der Waals surface area (Å²) in [6.45, 7) is 6.08. The second-order valence-corrected chi connectivity index (χ2v) is 4.26. The fourth-order valence-electron chi connectivity index (χ4n) is 1.74. The Balaban J connectivity index is 4.06. The molecule has 19 heavy (non-hydrogen) atoms. The summed E-state index contributed by atoms with van der Waals surface area (Å²) in [6.07, 6.45) is 1.32. The number of nitrogens with two attached hydrogens (primary N) is 1. The summed E-state index contributed by atoms with van der Waals surface area (Å²) < 4.78 is 15.2. The van der Waals surface area contributed by atoms with Crippen LogP contribution in [0.2, 0.25) is 0 Å². The van der Waals surface area contributed by atoms with E-state index in [-0.39, 0.29) is 12.1 Å². The summed E-state index contributed by atoms with van der Waals surface area (Å²) in [5, 5.41) is 0. The second-order valence-electron chi connectivity index (χ2n) is 4.26. The third-order valence-corrected chi connectivity index (χ3v) is 2.90. The third-order valence-electron chi connectivity index (χ3n) is 2.90. The van der Waals surface area contributed by atoms with Gasteiger partial charge >= 0.3 is 5.97 Å². The minimum absolute atomic E-state index is 0.0770. The van der Waals surface area contributed by atoms with Gasteiger partial charge in [0, 0.05) is 39.9 Å². The quantitative estimate of drug-likeness (QED) is 0.515. The molecule has 0 amide bonds. The van der Waals surface area contributed by atoms with Crippen LogP contribution in [0.3, 0.4) is 0 Å². The molecule has 6 nitrogen and oxygen atoms in total.